The van der Waals surface area contributed by atoms with Crippen molar-refractivity contribution in [1.29, 1.82) is 0 Å². The molecule has 0 unspecified atom stereocenters. The maximum absolute atomic E-state index is 12.7. The van der Waals surface area contributed by atoms with Crippen LogP contribution in [0.25, 0.3) is 0 Å². The lowest BCUT2D eigenvalue weighted by molar-refractivity contribution is -0.131. The van der Waals surface area contributed by atoms with Crippen LogP contribution in [0.5, 0.6) is 5.75 Å². The molecule has 0 aliphatic heterocycles. The number of carbonyl (C=O) groups is 2. The lowest BCUT2D eigenvalue weighted by atomic mass is 10.0. The highest BCUT2D eigenvalue weighted by atomic mass is 35.5. The van der Waals surface area contributed by atoms with Gasteiger partial charge in [-0.3, -0.25) is 9.59 Å². The fourth-order valence-electron chi connectivity index (χ4n) is 2.87. The Labute approximate surface area is 157 Å². The third-order valence-electron chi connectivity index (χ3n) is 4.68. The molecule has 1 aliphatic carbocycles. The minimum atomic E-state index is -1.02. The molecule has 3 rings (SSSR count). The van der Waals surface area contributed by atoms with Crippen LogP contribution in [-0.2, 0) is 16.0 Å². The summed E-state index contributed by atoms with van der Waals surface area (Å²) < 4.78 is 5.10. The van der Waals surface area contributed by atoms with Crippen LogP contribution in [0, 0.1) is 5.41 Å². The summed E-state index contributed by atoms with van der Waals surface area (Å²) in [5.41, 5.74) is 1.31. The van der Waals surface area contributed by atoms with Gasteiger partial charge in [0.25, 0.3) is 0 Å². The maximum atomic E-state index is 12.7. The van der Waals surface area contributed by atoms with E-state index in [1.54, 1.807) is 18.2 Å². The van der Waals surface area contributed by atoms with Crippen molar-refractivity contribution in [3.8, 4) is 5.75 Å². The van der Waals surface area contributed by atoms with Crippen LogP contribution in [0.3, 0.4) is 0 Å². The standard InChI is InChI=1S/C20H21ClN2O3/c1-3-13-6-4-5-7-16(13)23-19(25)20(10-11-20)18(24)22-14-8-9-17(26-2)15(21)12-14/h4-9,12H,3,10-11H2,1-2H3,(H,22,24)(H,23,25). The number of nitrogens with one attached hydrogen (secondary N) is 2. The molecule has 1 fully saturated rings. The smallest absolute Gasteiger partial charge is 0.240 e. The first-order valence-electron chi connectivity index (χ1n) is 8.54. The second kappa shape index (κ2) is 7.38. The highest BCUT2D eigenvalue weighted by Crippen LogP contribution is 2.47. The number of ether oxygens (including phenoxy) is 1. The number of aryl methyl sites for hydroxylation is 1. The van der Waals surface area contributed by atoms with Crippen molar-refractivity contribution in [3.05, 3.63) is 53.1 Å². The Balaban J connectivity index is 1.72. The Morgan fingerprint density at radius 1 is 1.12 bits per heavy atom. The second-order valence-corrected chi connectivity index (χ2v) is 6.76. The summed E-state index contributed by atoms with van der Waals surface area (Å²) in [5, 5.41) is 6.11. The topological polar surface area (TPSA) is 67.4 Å². The van der Waals surface area contributed by atoms with Crippen molar-refractivity contribution in [1.82, 2.24) is 0 Å². The first-order chi connectivity index (χ1) is 12.5. The normalized spacial score (nSPS) is 14.4. The Bertz CT molecular complexity index is 847. The number of hydrogen-bond acceptors (Lipinski definition) is 3. The van der Waals surface area contributed by atoms with Crippen LogP contribution in [0.2, 0.25) is 5.02 Å². The molecule has 0 heterocycles. The molecule has 2 amide bonds. The quantitative estimate of drug-likeness (QED) is 0.744. The Hall–Kier alpha value is -2.53. The summed E-state index contributed by atoms with van der Waals surface area (Å²) in [6.07, 6.45) is 1.87. The molecule has 26 heavy (non-hydrogen) atoms. The molecule has 5 nitrogen and oxygen atoms in total. The van der Waals surface area contributed by atoms with Crippen molar-refractivity contribution < 1.29 is 14.3 Å². The van der Waals surface area contributed by atoms with Gasteiger partial charge < -0.3 is 15.4 Å². The van der Waals surface area contributed by atoms with Crippen LogP contribution < -0.4 is 15.4 Å². The number of para-hydroxylation sites is 1. The van der Waals surface area contributed by atoms with Gasteiger partial charge in [-0.2, -0.15) is 0 Å². The molecule has 2 aromatic carbocycles. The number of carbonyl (C=O) groups excluding carboxylic acids is 2. The van der Waals surface area contributed by atoms with E-state index in [2.05, 4.69) is 10.6 Å². The van der Waals surface area contributed by atoms with E-state index >= 15 is 0 Å². The lowest BCUT2D eigenvalue weighted by Crippen LogP contribution is -2.35. The summed E-state index contributed by atoms with van der Waals surface area (Å²) in [6, 6.07) is 12.6. The van der Waals surface area contributed by atoms with E-state index in [4.69, 9.17) is 16.3 Å². The molecular weight excluding hydrogens is 352 g/mol. The predicted octanol–water partition coefficient (Wildman–Crippen LogP) is 4.27. The lowest BCUT2D eigenvalue weighted by Gasteiger charge is -2.17. The van der Waals surface area contributed by atoms with Crippen LogP contribution in [0.15, 0.2) is 42.5 Å². The van der Waals surface area contributed by atoms with Gasteiger partial charge in [0.2, 0.25) is 11.8 Å². The Morgan fingerprint density at radius 2 is 1.81 bits per heavy atom. The third kappa shape index (κ3) is 3.53. The van der Waals surface area contributed by atoms with Gasteiger partial charge in [0.1, 0.15) is 11.2 Å². The van der Waals surface area contributed by atoms with Gasteiger partial charge in [-0.25, -0.2) is 0 Å². The fourth-order valence-corrected chi connectivity index (χ4v) is 3.13. The van der Waals surface area contributed by atoms with Crippen molar-refractivity contribution in [2.45, 2.75) is 26.2 Å². The van der Waals surface area contributed by atoms with Crippen molar-refractivity contribution >= 4 is 34.8 Å². The largest absolute Gasteiger partial charge is 0.495 e. The number of anilines is 2. The van der Waals surface area contributed by atoms with Crippen molar-refractivity contribution in [3.63, 3.8) is 0 Å². The van der Waals surface area contributed by atoms with Gasteiger partial charge in [0.15, 0.2) is 0 Å². The molecule has 2 N–H and O–H groups in total. The zero-order valence-electron chi connectivity index (χ0n) is 14.8. The Kier molecular flexibility index (Phi) is 5.18. The maximum Gasteiger partial charge on any atom is 0.240 e. The number of hydrogen-bond donors (Lipinski definition) is 2. The van der Waals surface area contributed by atoms with E-state index in [0.717, 1.165) is 17.7 Å². The van der Waals surface area contributed by atoms with Gasteiger partial charge in [0, 0.05) is 11.4 Å². The molecule has 0 atom stereocenters. The molecule has 0 radical (unpaired) electrons. The van der Waals surface area contributed by atoms with Gasteiger partial charge >= 0.3 is 0 Å². The number of methoxy groups -OCH3 is 1. The number of halogens is 1. The van der Waals surface area contributed by atoms with Crippen molar-refractivity contribution in [2.24, 2.45) is 5.41 Å². The number of rotatable bonds is 6. The second-order valence-electron chi connectivity index (χ2n) is 6.35. The van der Waals surface area contributed by atoms with Crippen LogP contribution in [0.1, 0.15) is 25.3 Å². The predicted molar refractivity (Wildman–Crippen MR) is 103 cm³/mol. The monoisotopic (exact) mass is 372 g/mol. The molecule has 0 aromatic heterocycles. The van der Waals surface area contributed by atoms with Gasteiger partial charge in [-0.1, -0.05) is 36.7 Å². The van der Waals surface area contributed by atoms with Gasteiger partial charge in [-0.05, 0) is 49.1 Å². The summed E-state index contributed by atoms with van der Waals surface area (Å²) in [5.74, 6) is -0.0551. The highest BCUT2D eigenvalue weighted by molar-refractivity contribution is 6.32. The van der Waals surface area contributed by atoms with E-state index in [0.29, 0.717) is 29.3 Å². The molecular formula is C20H21ClN2O3. The van der Waals surface area contributed by atoms with E-state index in [-0.39, 0.29) is 11.8 Å². The van der Waals surface area contributed by atoms with Gasteiger partial charge in [0.05, 0.1) is 12.1 Å². The molecule has 1 saturated carbocycles. The molecule has 2 aromatic rings. The summed E-state index contributed by atoms with van der Waals surface area (Å²) in [7, 11) is 1.52. The highest BCUT2D eigenvalue weighted by Gasteiger charge is 2.56. The molecule has 1 aliphatic rings. The molecule has 0 saturated heterocycles. The van der Waals surface area contributed by atoms with Gasteiger partial charge in [-0.15, -0.1) is 0 Å². The van der Waals surface area contributed by atoms with Crippen LogP contribution in [-0.4, -0.2) is 18.9 Å². The average Bonchev–Trinajstić information content (AvgIpc) is 3.44. The summed E-state index contributed by atoms with van der Waals surface area (Å²) >= 11 is 6.09. The molecule has 0 spiro atoms. The summed E-state index contributed by atoms with van der Waals surface area (Å²) in [4.78, 5) is 25.4. The number of benzene rings is 2. The fraction of sp³-hybridized carbons (Fsp3) is 0.300. The first kappa shape index (κ1) is 18.3. The molecule has 136 valence electrons. The third-order valence-corrected chi connectivity index (χ3v) is 4.97. The van der Waals surface area contributed by atoms with Crippen molar-refractivity contribution in [2.75, 3.05) is 17.7 Å². The molecule has 6 heteroatoms. The minimum Gasteiger partial charge on any atom is -0.495 e. The zero-order chi connectivity index (χ0) is 18.7. The molecule has 0 bridgehead atoms. The van der Waals surface area contributed by atoms with E-state index < -0.39 is 5.41 Å². The van der Waals surface area contributed by atoms with Crippen LogP contribution in [0.4, 0.5) is 11.4 Å². The average molecular weight is 373 g/mol. The van der Waals surface area contributed by atoms with E-state index in [1.165, 1.54) is 7.11 Å². The first-order valence-corrected chi connectivity index (χ1v) is 8.92. The SMILES string of the molecule is CCc1ccccc1NC(=O)C1(C(=O)Nc2ccc(OC)c(Cl)c2)CC1. The van der Waals surface area contributed by atoms with Crippen LogP contribution >= 0.6 is 11.6 Å². The number of amides is 2. The van der Waals surface area contributed by atoms with E-state index in [9.17, 15) is 9.59 Å². The minimum absolute atomic E-state index is 0.268. The zero-order valence-corrected chi connectivity index (χ0v) is 15.5. The Morgan fingerprint density at radius 3 is 2.42 bits per heavy atom. The van der Waals surface area contributed by atoms with E-state index in [1.807, 2.05) is 31.2 Å². The summed E-state index contributed by atoms with van der Waals surface area (Å²) in [6.45, 7) is 2.03.